The molecule has 2 heterocycles. The third kappa shape index (κ3) is 4.08. The Hall–Kier alpha value is -2.80. The van der Waals surface area contributed by atoms with Crippen LogP contribution < -0.4 is 5.32 Å². The van der Waals surface area contributed by atoms with Gasteiger partial charge in [0, 0.05) is 19.5 Å². The molecule has 21 heavy (non-hydrogen) atoms. The molecule has 0 bridgehead atoms. The molecular weight excluding hydrogens is 265 g/mol. The van der Waals surface area contributed by atoms with Crippen LogP contribution in [-0.4, -0.2) is 17.0 Å². The van der Waals surface area contributed by atoms with E-state index < -0.39 is 0 Å². The molecule has 0 saturated heterocycles. The zero-order valence-electron chi connectivity index (χ0n) is 11.9. The van der Waals surface area contributed by atoms with Gasteiger partial charge < -0.3 is 10.3 Å². The fourth-order valence-electron chi connectivity index (χ4n) is 1.80. The third-order valence-corrected chi connectivity index (χ3v) is 2.76. The second-order valence-electron chi connectivity index (χ2n) is 4.27. The zero-order valence-corrected chi connectivity index (χ0v) is 11.9. The van der Waals surface area contributed by atoms with Gasteiger partial charge in [0.15, 0.2) is 0 Å². The van der Waals surface area contributed by atoms with Crippen molar-refractivity contribution in [2.45, 2.75) is 6.92 Å². The van der Waals surface area contributed by atoms with E-state index in [1.807, 2.05) is 37.4 Å². The normalized spacial score (nSPS) is 9.29. The number of H-pyrrole nitrogens is 1. The van der Waals surface area contributed by atoms with Gasteiger partial charge in [-0.25, -0.2) is 9.37 Å². The molecule has 1 aromatic carbocycles. The van der Waals surface area contributed by atoms with E-state index >= 15 is 0 Å². The van der Waals surface area contributed by atoms with E-state index in [1.165, 1.54) is 12.3 Å². The van der Waals surface area contributed by atoms with Crippen molar-refractivity contribution < 1.29 is 5.82 Å². The molecule has 3 aromatic rings. The van der Waals surface area contributed by atoms with Gasteiger partial charge in [0.1, 0.15) is 11.5 Å². The predicted octanol–water partition coefficient (Wildman–Crippen LogP) is 4.05. The number of para-hydroxylation sites is 1. The van der Waals surface area contributed by atoms with E-state index in [-0.39, 0.29) is 7.24 Å². The number of anilines is 1. The van der Waals surface area contributed by atoms with Crippen molar-refractivity contribution in [3.05, 3.63) is 60.2 Å². The first-order chi connectivity index (χ1) is 10.2. The monoisotopic (exact) mass is 283 g/mol. The summed E-state index contributed by atoms with van der Waals surface area (Å²) in [4.78, 5) is 6.86. The summed E-state index contributed by atoms with van der Waals surface area (Å²) < 4.78 is 12.7. The van der Waals surface area contributed by atoms with Crippen LogP contribution in [0.25, 0.3) is 11.0 Å². The number of hydrogen-bond acceptors (Lipinski definition) is 2. The number of rotatable bonds is 1. The molecule has 4 heteroatoms. The highest BCUT2D eigenvalue weighted by Gasteiger charge is 2.00. The molecular formula is C17H18FN3. The first-order valence-electron chi connectivity index (χ1n) is 6.52. The van der Waals surface area contributed by atoms with Crippen molar-refractivity contribution in [2.75, 3.05) is 12.4 Å². The van der Waals surface area contributed by atoms with Gasteiger partial charge in [-0.05, 0) is 37.1 Å². The second-order valence-corrected chi connectivity index (χ2v) is 4.27. The van der Waals surface area contributed by atoms with E-state index in [0.29, 0.717) is 5.65 Å². The Bertz CT molecular complexity index is 773. The minimum Gasteiger partial charge on any atom is -0.388 e. The standard InChI is InChI=1S/C10H7FN2.C7H9N.H2/c1-2-3-9-5-7-4-8(11)6-12-10(7)13-9;1-8-7-5-3-2-4-6-7;/h4-6H,1H3,(H,12,13);2-6,8H,1H3;1H. The summed E-state index contributed by atoms with van der Waals surface area (Å²) in [5.41, 5.74) is 2.59. The highest BCUT2D eigenvalue weighted by Crippen LogP contribution is 2.13. The Morgan fingerprint density at radius 3 is 2.62 bits per heavy atom. The largest absolute Gasteiger partial charge is 0.388 e. The molecule has 0 aliphatic carbocycles. The van der Waals surface area contributed by atoms with Crippen LogP contribution in [0.3, 0.4) is 0 Å². The summed E-state index contributed by atoms with van der Waals surface area (Å²) in [5.74, 6) is 5.27. The number of nitrogens with one attached hydrogen (secondary N) is 2. The first kappa shape index (κ1) is 14.6. The van der Waals surface area contributed by atoms with Crippen LogP contribution in [0.5, 0.6) is 0 Å². The predicted molar refractivity (Wildman–Crippen MR) is 86.7 cm³/mol. The minimum atomic E-state index is -0.331. The summed E-state index contributed by atoms with van der Waals surface area (Å²) in [6.45, 7) is 1.75. The number of benzene rings is 1. The van der Waals surface area contributed by atoms with Crippen LogP contribution in [0.15, 0.2) is 48.7 Å². The SMILES string of the molecule is CC#Cc1cc2cc(F)cnc2[nH]1.CNc1ccccc1.[HH]. The fourth-order valence-corrected chi connectivity index (χ4v) is 1.80. The Balaban J connectivity index is 0.000000234. The van der Waals surface area contributed by atoms with Crippen LogP contribution in [-0.2, 0) is 0 Å². The fraction of sp³-hybridized carbons (Fsp3) is 0.118. The molecule has 0 saturated carbocycles. The van der Waals surface area contributed by atoms with Gasteiger partial charge in [0.25, 0.3) is 0 Å². The van der Waals surface area contributed by atoms with Crippen molar-refractivity contribution in [3.8, 4) is 11.8 Å². The molecule has 0 aliphatic rings. The molecule has 0 radical (unpaired) electrons. The lowest BCUT2D eigenvalue weighted by Crippen LogP contribution is -1.84. The quantitative estimate of drug-likeness (QED) is 0.661. The molecule has 0 amide bonds. The van der Waals surface area contributed by atoms with Crippen molar-refractivity contribution in [1.82, 2.24) is 9.97 Å². The molecule has 0 unspecified atom stereocenters. The summed E-state index contributed by atoms with van der Waals surface area (Å²) >= 11 is 0. The number of fused-ring (bicyclic) bond motifs is 1. The maximum atomic E-state index is 12.7. The molecule has 2 N–H and O–H groups in total. The maximum Gasteiger partial charge on any atom is 0.142 e. The summed E-state index contributed by atoms with van der Waals surface area (Å²) in [5, 5.41) is 3.77. The highest BCUT2D eigenvalue weighted by atomic mass is 19.1. The average Bonchev–Trinajstić information content (AvgIpc) is 2.90. The molecule has 0 atom stereocenters. The summed E-state index contributed by atoms with van der Waals surface area (Å²) in [6, 6.07) is 13.3. The number of aromatic amines is 1. The first-order valence-corrected chi connectivity index (χ1v) is 6.52. The molecule has 3 rings (SSSR count). The maximum absolute atomic E-state index is 12.7. The molecule has 108 valence electrons. The Morgan fingerprint density at radius 2 is 2.00 bits per heavy atom. The van der Waals surface area contributed by atoms with Gasteiger partial charge >= 0.3 is 0 Å². The van der Waals surface area contributed by atoms with Gasteiger partial charge in [-0.3, -0.25) is 0 Å². The molecule has 3 nitrogen and oxygen atoms in total. The number of hydrogen-bond donors (Lipinski definition) is 2. The van der Waals surface area contributed by atoms with Crippen molar-refractivity contribution in [3.63, 3.8) is 0 Å². The van der Waals surface area contributed by atoms with E-state index in [2.05, 4.69) is 27.1 Å². The zero-order chi connectivity index (χ0) is 15.1. The lowest BCUT2D eigenvalue weighted by atomic mass is 10.3. The van der Waals surface area contributed by atoms with Crippen LogP contribution in [0.2, 0.25) is 0 Å². The topological polar surface area (TPSA) is 40.7 Å². The van der Waals surface area contributed by atoms with Crippen molar-refractivity contribution in [2.24, 2.45) is 0 Å². The van der Waals surface area contributed by atoms with Crippen LogP contribution in [0.1, 0.15) is 14.0 Å². The van der Waals surface area contributed by atoms with E-state index in [9.17, 15) is 4.39 Å². The Labute approximate surface area is 124 Å². The van der Waals surface area contributed by atoms with Gasteiger partial charge in [-0.2, -0.15) is 0 Å². The Morgan fingerprint density at radius 1 is 1.24 bits per heavy atom. The summed E-state index contributed by atoms with van der Waals surface area (Å²) in [6.07, 6.45) is 1.18. The molecule has 0 aliphatic heterocycles. The van der Waals surface area contributed by atoms with E-state index in [4.69, 9.17) is 0 Å². The number of nitrogens with zero attached hydrogens (tertiary/aromatic N) is 1. The minimum absolute atomic E-state index is 0. The average molecular weight is 283 g/mol. The van der Waals surface area contributed by atoms with Crippen molar-refractivity contribution in [1.29, 1.82) is 0 Å². The summed E-state index contributed by atoms with van der Waals surface area (Å²) in [7, 11) is 1.91. The number of halogens is 1. The molecule has 2 aromatic heterocycles. The lowest BCUT2D eigenvalue weighted by molar-refractivity contribution is 0.624. The van der Waals surface area contributed by atoms with Gasteiger partial charge in [0.05, 0.1) is 11.9 Å². The lowest BCUT2D eigenvalue weighted by Gasteiger charge is -1.94. The van der Waals surface area contributed by atoms with Gasteiger partial charge in [-0.15, -0.1) is 0 Å². The van der Waals surface area contributed by atoms with Gasteiger partial charge in [0.2, 0.25) is 0 Å². The second kappa shape index (κ2) is 7.11. The molecule has 0 fully saturated rings. The van der Waals surface area contributed by atoms with E-state index in [1.54, 1.807) is 13.0 Å². The number of pyridine rings is 1. The third-order valence-electron chi connectivity index (χ3n) is 2.76. The molecule has 0 spiro atoms. The number of aromatic nitrogens is 2. The van der Waals surface area contributed by atoms with Gasteiger partial charge in [-0.1, -0.05) is 24.1 Å². The van der Waals surface area contributed by atoms with E-state index in [0.717, 1.165) is 16.8 Å². The van der Waals surface area contributed by atoms with Crippen molar-refractivity contribution >= 4 is 16.7 Å². The van der Waals surface area contributed by atoms with Crippen LogP contribution >= 0.6 is 0 Å². The van der Waals surface area contributed by atoms with Crippen LogP contribution in [0, 0.1) is 17.7 Å². The van der Waals surface area contributed by atoms with Crippen LogP contribution in [0.4, 0.5) is 10.1 Å². The smallest absolute Gasteiger partial charge is 0.142 e. The highest BCUT2D eigenvalue weighted by molar-refractivity contribution is 5.77. The Kier molecular flexibility index (Phi) is 4.94.